The molecule has 0 aliphatic carbocycles. The number of benzene rings is 1. The molecule has 0 unspecified atom stereocenters. The molecular weight excluding hydrogens is 742 g/mol. The lowest BCUT2D eigenvalue weighted by atomic mass is 9.98. The summed E-state index contributed by atoms with van der Waals surface area (Å²) < 4.78 is 0. The van der Waals surface area contributed by atoms with Crippen molar-refractivity contribution in [3.05, 3.63) is 36.0 Å². The number of aliphatic carboxylic acids is 2. The first-order chi connectivity index (χ1) is 26.9. The van der Waals surface area contributed by atoms with E-state index in [1.165, 1.54) is 0 Å². The van der Waals surface area contributed by atoms with Gasteiger partial charge in [0.2, 0.25) is 35.4 Å². The third kappa shape index (κ3) is 15.8. The van der Waals surface area contributed by atoms with Crippen LogP contribution in [0.1, 0.15) is 84.6 Å². The number of primary amides is 1. The topological polar surface area (TPSA) is 331 Å². The fourth-order valence-electron chi connectivity index (χ4n) is 6.00. The molecule has 2 aromatic rings. The number of carbonyl (C=O) groups is 8. The summed E-state index contributed by atoms with van der Waals surface area (Å²) in [5, 5.41) is 32.4. The molecule has 1 heterocycles. The van der Waals surface area contributed by atoms with Crippen LogP contribution in [0.2, 0.25) is 0 Å². The van der Waals surface area contributed by atoms with Crippen LogP contribution in [0.15, 0.2) is 30.5 Å². The Balaban J connectivity index is 2.42. The third-order valence-corrected chi connectivity index (χ3v) is 9.51. The first kappa shape index (κ1) is 47.6. The standard InChI is InChI=1S/C38H59N9O10/c1-5-21(4)32(41)37(55)44-25(12-8-9-15-39)33(51)46-28(18-30(40)48)36(54)43-26(13-14-31(49)50)34(52)45-27(35(53)47-29(38(56)57)16-20(2)3)17-22-19-42-24-11-7-6-10-23(22)24/h6-7,10-11,19-21,25-29,32,42H,5,8-9,12-18,39,41H2,1-4H3,(H2,40,48)(H,43,54)(H,44,55)(H,45,52)(H,46,51)(H,47,53)(H,49,50)(H,56,57)/t21-,25-,26-,27-,28-,29-,32-/m0/s1. The number of nitrogens with two attached hydrogens (primary N) is 3. The molecule has 0 spiro atoms. The molecule has 7 atom stereocenters. The number of aromatic nitrogens is 1. The van der Waals surface area contributed by atoms with Gasteiger partial charge >= 0.3 is 11.9 Å². The van der Waals surface area contributed by atoms with Crippen LogP contribution >= 0.6 is 0 Å². The second-order valence-electron chi connectivity index (χ2n) is 14.6. The van der Waals surface area contributed by atoms with Gasteiger partial charge in [-0.3, -0.25) is 33.6 Å². The van der Waals surface area contributed by atoms with E-state index in [4.69, 9.17) is 17.2 Å². The number of carboxylic acids is 2. The molecule has 14 N–H and O–H groups in total. The van der Waals surface area contributed by atoms with E-state index in [0.717, 1.165) is 10.9 Å². The number of rotatable bonds is 26. The molecule has 0 saturated carbocycles. The Morgan fingerprint density at radius 2 is 1.28 bits per heavy atom. The summed E-state index contributed by atoms with van der Waals surface area (Å²) in [7, 11) is 0. The molecule has 0 fully saturated rings. The maximum absolute atomic E-state index is 13.9. The summed E-state index contributed by atoms with van der Waals surface area (Å²) >= 11 is 0. The molecule has 0 saturated heterocycles. The summed E-state index contributed by atoms with van der Waals surface area (Å²) in [6, 6.07) is -0.987. The molecular formula is C38H59N9O10. The lowest BCUT2D eigenvalue weighted by molar-refractivity contribution is -0.142. The average molecular weight is 802 g/mol. The van der Waals surface area contributed by atoms with Gasteiger partial charge in [-0.15, -0.1) is 0 Å². The largest absolute Gasteiger partial charge is 0.481 e. The Labute approximate surface area is 331 Å². The van der Waals surface area contributed by atoms with E-state index in [0.29, 0.717) is 31.4 Å². The van der Waals surface area contributed by atoms with E-state index < -0.39 is 103 Å². The number of nitrogens with one attached hydrogen (secondary N) is 6. The highest BCUT2D eigenvalue weighted by atomic mass is 16.4. The van der Waals surface area contributed by atoms with Crippen LogP contribution in [0.3, 0.4) is 0 Å². The van der Waals surface area contributed by atoms with Crippen molar-refractivity contribution < 1.29 is 48.6 Å². The van der Waals surface area contributed by atoms with Gasteiger partial charge in [0.25, 0.3) is 0 Å². The number of unbranched alkanes of at least 4 members (excludes halogenated alkanes) is 1. The van der Waals surface area contributed by atoms with Gasteiger partial charge in [-0.1, -0.05) is 52.3 Å². The van der Waals surface area contributed by atoms with E-state index in [1.807, 2.05) is 6.92 Å². The van der Waals surface area contributed by atoms with Gasteiger partial charge in [-0.05, 0) is 62.1 Å². The summed E-state index contributed by atoms with van der Waals surface area (Å²) in [5.41, 5.74) is 18.4. The molecule has 19 heteroatoms. The van der Waals surface area contributed by atoms with Crippen LogP contribution in [-0.4, -0.2) is 105 Å². The van der Waals surface area contributed by atoms with Crippen molar-refractivity contribution in [2.75, 3.05) is 6.54 Å². The lowest BCUT2D eigenvalue weighted by Crippen LogP contribution is -2.60. The highest BCUT2D eigenvalue weighted by Crippen LogP contribution is 2.20. The second-order valence-corrected chi connectivity index (χ2v) is 14.6. The molecule has 6 amide bonds. The van der Waals surface area contributed by atoms with Gasteiger partial charge in [-0.25, -0.2) is 4.79 Å². The summed E-state index contributed by atoms with van der Waals surface area (Å²) in [5.74, 6) is -8.34. The quantitative estimate of drug-likeness (QED) is 0.0537. The van der Waals surface area contributed by atoms with E-state index in [9.17, 15) is 48.6 Å². The summed E-state index contributed by atoms with van der Waals surface area (Å²) in [6.07, 6.45) is 1.36. The summed E-state index contributed by atoms with van der Waals surface area (Å²) in [4.78, 5) is 107. The van der Waals surface area contributed by atoms with E-state index in [-0.39, 0.29) is 31.1 Å². The molecule has 1 aromatic carbocycles. The van der Waals surface area contributed by atoms with Crippen LogP contribution in [0.4, 0.5) is 0 Å². The van der Waals surface area contributed by atoms with E-state index >= 15 is 0 Å². The van der Waals surface area contributed by atoms with Gasteiger partial charge < -0.3 is 59.0 Å². The number of hydrogen-bond donors (Lipinski definition) is 11. The predicted octanol–water partition coefficient (Wildman–Crippen LogP) is -0.492. The monoisotopic (exact) mass is 801 g/mol. The van der Waals surface area contributed by atoms with Crippen LogP contribution in [0.25, 0.3) is 10.9 Å². The van der Waals surface area contributed by atoms with E-state index in [2.05, 4.69) is 31.6 Å². The molecule has 0 radical (unpaired) electrons. The average Bonchev–Trinajstić information content (AvgIpc) is 3.56. The van der Waals surface area contributed by atoms with Gasteiger partial charge in [0.1, 0.15) is 30.2 Å². The molecule has 2 rings (SSSR count). The van der Waals surface area contributed by atoms with Crippen LogP contribution < -0.4 is 43.8 Å². The number of H-pyrrole nitrogens is 1. The van der Waals surface area contributed by atoms with Crippen molar-refractivity contribution in [1.29, 1.82) is 0 Å². The number of carbonyl (C=O) groups excluding carboxylic acids is 6. The van der Waals surface area contributed by atoms with Gasteiger partial charge in [0.15, 0.2) is 0 Å². The van der Waals surface area contributed by atoms with Gasteiger partial charge in [-0.2, -0.15) is 0 Å². The zero-order valence-electron chi connectivity index (χ0n) is 33.0. The normalized spacial score (nSPS) is 14.9. The Kier molecular flexibility index (Phi) is 19.6. The number of hydrogen-bond acceptors (Lipinski definition) is 10. The number of amides is 6. The Bertz CT molecular complexity index is 1710. The predicted molar refractivity (Wildman–Crippen MR) is 210 cm³/mol. The van der Waals surface area contributed by atoms with Crippen molar-refractivity contribution in [2.45, 2.75) is 122 Å². The second kappa shape index (κ2) is 23.5. The fourth-order valence-corrected chi connectivity index (χ4v) is 6.00. The molecule has 0 aliphatic heterocycles. The van der Waals surface area contributed by atoms with Crippen LogP contribution in [0, 0.1) is 11.8 Å². The maximum Gasteiger partial charge on any atom is 0.326 e. The van der Waals surface area contributed by atoms with Crippen molar-refractivity contribution in [3.63, 3.8) is 0 Å². The maximum atomic E-state index is 13.9. The lowest BCUT2D eigenvalue weighted by Gasteiger charge is -2.27. The minimum atomic E-state index is -1.68. The minimum Gasteiger partial charge on any atom is -0.481 e. The highest BCUT2D eigenvalue weighted by molar-refractivity contribution is 5.98. The van der Waals surface area contributed by atoms with Crippen molar-refractivity contribution in [1.82, 2.24) is 31.6 Å². The molecule has 1 aromatic heterocycles. The molecule has 0 aliphatic rings. The highest BCUT2D eigenvalue weighted by Gasteiger charge is 2.34. The zero-order valence-corrected chi connectivity index (χ0v) is 33.0. The first-order valence-corrected chi connectivity index (χ1v) is 19.1. The minimum absolute atomic E-state index is 0.0846. The smallest absolute Gasteiger partial charge is 0.326 e. The molecule has 19 nitrogen and oxygen atoms in total. The fraction of sp³-hybridized carbons (Fsp3) is 0.579. The van der Waals surface area contributed by atoms with Gasteiger partial charge in [0, 0.05) is 29.9 Å². The van der Waals surface area contributed by atoms with E-state index in [1.54, 1.807) is 51.2 Å². The number of aromatic amines is 1. The van der Waals surface area contributed by atoms with Crippen molar-refractivity contribution in [2.24, 2.45) is 29.0 Å². The zero-order chi connectivity index (χ0) is 42.8. The Morgan fingerprint density at radius 3 is 1.86 bits per heavy atom. The molecule has 57 heavy (non-hydrogen) atoms. The molecule has 316 valence electrons. The van der Waals surface area contributed by atoms with Gasteiger partial charge in [0.05, 0.1) is 12.5 Å². The van der Waals surface area contributed by atoms with Crippen molar-refractivity contribution in [3.8, 4) is 0 Å². The number of fused-ring (bicyclic) bond motifs is 1. The SMILES string of the molecule is CC[C@H](C)[C@H](N)C(=O)N[C@@H](CCCCN)C(=O)N[C@@H](CC(N)=O)C(=O)N[C@@H](CCC(=O)O)C(=O)N[C@@H](Cc1c[nH]c2ccccc12)C(=O)N[C@@H](CC(C)C)C(=O)O. The number of para-hydroxylation sites is 1. The molecule has 0 bridgehead atoms. The van der Waals surface area contributed by atoms with Crippen LogP contribution in [-0.2, 0) is 44.8 Å². The van der Waals surface area contributed by atoms with Crippen molar-refractivity contribution >= 4 is 58.3 Å². The Morgan fingerprint density at radius 1 is 0.737 bits per heavy atom. The first-order valence-electron chi connectivity index (χ1n) is 19.1. The third-order valence-electron chi connectivity index (χ3n) is 9.51. The van der Waals surface area contributed by atoms with Crippen LogP contribution in [0.5, 0.6) is 0 Å². The Hall–Kier alpha value is -5.56. The summed E-state index contributed by atoms with van der Waals surface area (Å²) in [6.45, 7) is 7.48. The number of carboxylic acid groups (broad SMARTS) is 2.